The molecule has 1 saturated heterocycles. The van der Waals surface area contributed by atoms with E-state index in [0.29, 0.717) is 0 Å². The van der Waals surface area contributed by atoms with E-state index in [1.807, 2.05) is 0 Å². The summed E-state index contributed by atoms with van der Waals surface area (Å²) in [6.45, 7) is 1.70. The monoisotopic (exact) mass is 279 g/mol. The van der Waals surface area contributed by atoms with E-state index in [0.717, 1.165) is 18.2 Å². The second-order valence-electron chi connectivity index (χ2n) is 4.75. The average Bonchev–Trinajstić information content (AvgIpc) is 2.93. The van der Waals surface area contributed by atoms with Crippen LogP contribution in [0.2, 0.25) is 0 Å². The van der Waals surface area contributed by atoms with Crippen LogP contribution < -0.4 is 0 Å². The van der Waals surface area contributed by atoms with Crippen LogP contribution in [0.15, 0.2) is 30.9 Å². The number of carbonyl (C=O) groups excluding carboxylic acids is 1. The molecule has 1 fully saturated rings. The Balaban J connectivity index is 2.07. The zero-order valence-electron chi connectivity index (χ0n) is 10.6. The van der Waals surface area contributed by atoms with Gasteiger partial charge >= 0.3 is 5.97 Å². The largest absolute Gasteiger partial charge is 0.451 e. The summed E-state index contributed by atoms with van der Waals surface area (Å²) in [6, 6.07) is 3.09. The van der Waals surface area contributed by atoms with Crippen LogP contribution in [-0.4, -0.2) is 20.7 Å². The molecule has 2 aromatic rings. The van der Waals surface area contributed by atoms with Crippen molar-refractivity contribution in [1.29, 1.82) is 0 Å². The standard InChI is InChI=1S/C13H11F2N3O2/c1-8-12(19)20-13(8,5-18-7-16-6-17-18)10-4-9(14)2-3-11(10)15/h2-4,6-8H,5H2,1H3/t8-,13-/m1/s1. The van der Waals surface area contributed by atoms with E-state index in [2.05, 4.69) is 10.1 Å². The van der Waals surface area contributed by atoms with E-state index in [4.69, 9.17) is 4.74 Å². The first kappa shape index (κ1) is 12.7. The van der Waals surface area contributed by atoms with Crippen LogP contribution in [0.4, 0.5) is 8.78 Å². The Morgan fingerprint density at radius 1 is 1.45 bits per heavy atom. The van der Waals surface area contributed by atoms with Crippen molar-refractivity contribution in [3.63, 3.8) is 0 Å². The minimum Gasteiger partial charge on any atom is -0.451 e. The van der Waals surface area contributed by atoms with Gasteiger partial charge in [-0.05, 0) is 25.1 Å². The molecule has 104 valence electrons. The number of nitrogens with zero attached hydrogens (tertiary/aromatic N) is 3. The van der Waals surface area contributed by atoms with Crippen molar-refractivity contribution < 1.29 is 18.3 Å². The first-order valence-corrected chi connectivity index (χ1v) is 6.04. The second-order valence-corrected chi connectivity index (χ2v) is 4.75. The summed E-state index contributed by atoms with van der Waals surface area (Å²) in [7, 11) is 0. The Bertz CT molecular complexity index is 660. The number of hydrogen-bond donors (Lipinski definition) is 0. The Labute approximate surface area is 113 Å². The normalized spacial score (nSPS) is 25.1. The lowest BCUT2D eigenvalue weighted by Gasteiger charge is -2.46. The van der Waals surface area contributed by atoms with Gasteiger partial charge in [0.15, 0.2) is 5.60 Å². The van der Waals surface area contributed by atoms with Gasteiger partial charge in [-0.15, -0.1) is 0 Å². The van der Waals surface area contributed by atoms with Crippen LogP contribution >= 0.6 is 0 Å². The molecule has 0 spiro atoms. The summed E-state index contributed by atoms with van der Waals surface area (Å²) in [5.74, 6) is -2.25. The van der Waals surface area contributed by atoms with Gasteiger partial charge in [0.25, 0.3) is 0 Å². The highest BCUT2D eigenvalue weighted by molar-refractivity contribution is 5.80. The van der Waals surface area contributed by atoms with E-state index in [-0.39, 0.29) is 12.1 Å². The van der Waals surface area contributed by atoms with Gasteiger partial charge in [0, 0.05) is 5.56 Å². The first-order valence-electron chi connectivity index (χ1n) is 6.04. The lowest BCUT2D eigenvalue weighted by Crippen LogP contribution is -2.56. The number of carbonyl (C=O) groups is 1. The quantitative estimate of drug-likeness (QED) is 0.802. The van der Waals surface area contributed by atoms with E-state index in [1.165, 1.54) is 17.3 Å². The summed E-state index contributed by atoms with van der Waals surface area (Å²) in [5, 5.41) is 3.92. The van der Waals surface area contributed by atoms with Crippen molar-refractivity contribution >= 4 is 5.97 Å². The highest BCUT2D eigenvalue weighted by atomic mass is 19.1. The summed E-state index contributed by atoms with van der Waals surface area (Å²) < 4.78 is 34.0. The van der Waals surface area contributed by atoms with Crippen LogP contribution in [0, 0.1) is 17.6 Å². The topological polar surface area (TPSA) is 57.0 Å². The fourth-order valence-electron chi connectivity index (χ4n) is 2.41. The number of aromatic nitrogens is 3. The number of halogens is 2. The van der Waals surface area contributed by atoms with Crippen molar-refractivity contribution in [1.82, 2.24) is 14.8 Å². The van der Waals surface area contributed by atoms with E-state index < -0.39 is 29.1 Å². The molecule has 2 heterocycles. The fourth-order valence-corrected chi connectivity index (χ4v) is 2.41. The van der Waals surface area contributed by atoms with Gasteiger partial charge < -0.3 is 4.74 Å². The molecule has 0 N–H and O–H groups in total. The van der Waals surface area contributed by atoms with E-state index >= 15 is 0 Å². The van der Waals surface area contributed by atoms with Gasteiger partial charge in [0.05, 0.1) is 6.54 Å². The van der Waals surface area contributed by atoms with Crippen LogP contribution in [-0.2, 0) is 21.7 Å². The third-order valence-corrected chi connectivity index (χ3v) is 3.58. The van der Waals surface area contributed by atoms with Crippen LogP contribution in [0.5, 0.6) is 0 Å². The molecule has 0 saturated carbocycles. The minimum atomic E-state index is -1.25. The maximum Gasteiger partial charge on any atom is 0.314 e. The number of benzene rings is 1. The molecular weight excluding hydrogens is 268 g/mol. The van der Waals surface area contributed by atoms with Crippen molar-refractivity contribution in [2.45, 2.75) is 19.1 Å². The molecule has 2 atom stereocenters. The van der Waals surface area contributed by atoms with Crippen molar-refractivity contribution in [3.8, 4) is 0 Å². The molecule has 0 amide bonds. The Morgan fingerprint density at radius 2 is 2.25 bits per heavy atom. The maximum atomic E-state index is 14.0. The number of hydrogen-bond acceptors (Lipinski definition) is 4. The van der Waals surface area contributed by atoms with Gasteiger partial charge in [-0.1, -0.05) is 0 Å². The molecule has 5 nitrogen and oxygen atoms in total. The smallest absolute Gasteiger partial charge is 0.314 e. The highest BCUT2D eigenvalue weighted by Gasteiger charge is 2.57. The zero-order valence-corrected chi connectivity index (χ0v) is 10.6. The van der Waals surface area contributed by atoms with Gasteiger partial charge in [0.2, 0.25) is 0 Å². The van der Waals surface area contributed by atoms with Crippen molar-refractivity contribution in [2.75, 3.05) is 0 Å². The van der Waals surface area contributed by atoms with Crippen LogP contribution in [0.1, 0.15) is 12.5 Å². The van der Waals surface area contributed by atoms with E-state index in [1.54, 1.807) is 6.92 Å². The lowest BCUT2D eigenvalue weighted by molar-refractivity contribution is -0.219. The molecule has 0 bridgehead atoms. The summed E-state index contributed by atoms with van der Waals surface area (Å²) in [5.41, 5.74) is -1.24. The molecule has 0 radical (unpaired) electrons. The average molecular weight is 279 g/mol. The van der Waals surface area contributed by atoms with Gasteiger partial charge in [-0.2, -0.15) is 5.10 Å². The molecule has 1 aliphatic rings. The number of ether oxygens (including phenoxy) is 1. The molecule has 1 aromatic heterocycles. The van der Waals surface area contributed by atoms with Crippen LogP contribution in [0.3, 0.4) is 0 Å². The molecular formula is C13H11F2N3O2. The molecule has 7 heteroatoms. The third kappa shape index (κ3) is 1.77. The third-order valence-electron chi connectivity index (χ3n) is 3.58. The van der Waals surface area contributed by atoms with Crippen molar-refractivity contribution in [2.24, 2.45) is 5.92 Å². The second kappa shape index (κ2) is 4.36. The highest BCUT2D eigenvalue weighted by Crippen LogP contribution is 2.45. The SMILES string of the molecule is C[C@@H]1C(=O)O[C@@]1(Cn1cncn1)c1cc(F)ccc1F. The predicted molar refractivity (Wildman–Crippen MR) is 63.3 cm³/mol. The molecule has 1 aliphatic heterocycles. The maximum absolute atomic E-state index is 14.0. The minimum absolute atomic E-state index is 0.0140. The Hall–Kier alpha value is -2.31. The summed E-state index contributed by atoms with van der Waals surface area (Å²) in [4.78, 5) is 15.2. The molecule has 0 aliphatic carbocycles. The predicted octanol–water partition coefficient (Wildman–Crippen LogP) is 1.64. The van der Waals surface area contributed by atoms with Gasteiger partial charge in [-0.25, -0.2) is 18.4 Å². The van der Waals surface area contributed by atoms with Crippen LogP contribution in [0.25, 0.3) is 0 Å². The van der Waals surface area contributed by atoms with E-state index in [9.17, 15) is 13.6 Å². The summed E-state index contributed by atoms with van der Waals surface area (Å²) >= 11 is 0. The Morgan fingerprint density at radius 3 is 2.85 bits per heavy atom. The number of rotatable bonds is 3. The van der Waals surface area contributed by atoms with Crippen molar-refractivity contribution in [3.05, 3.63) is 48.1 Å². The number of cyclic esters (lactones) is 1. The van der Waals surface area contributed by atoms with Gasteiger partial charge in [0.1, 0.15) is 30.2 Å². The first-order chi connectivity index (χ1) is 9.53. The molecule has 0 unspecified atom stereocenters. The Kier molecular flexibility index (Phi) is 2.77. The molecule has 20 heavy (non-hydrogen) atoms. The lowest BCUT2D eigenvalue weighted by atomic mass is 9.77. The fraction of sp³-hybridized carbons (Fsp3) is 0.308. The summed E-state index contributed by atoms with van der Waals surface area (Å²) in [6.07, 6.45) is 2.75. The number of esters is 1. The molecule has 1 aromatic carbocycles. The zero-order chi connectivity index (χ0) is 14.3. The van der Waals surface area contributed by atoms with Gasteiger partial charge in [-0.3, -0.25) is 4.79 Å². The molecule has 3 rings (SSSR count).